The number of aliphatic imine (C=N–C) groups is 1. The summed E-state index contributed by atoms with van der Waals surface area (Å²) in [6.45, 7) is 3.76. The van der Waals surface area contributed by atoms with Crippen molar-refractivity contribution >= 4 is 41.0 Å². The van der Waals surface area contributed by atoms with Crippen LogP contribution in [-0.2, 0) is 13.6 Å². The highest BCUT2D eigenvalue weighted by Crippen LogP contribution is 2.14. The standard InChI is InChI=1S/C15H19N5.HI/c1-4-10-17-15(16-5-2)18-11-14-19-12-8-6-7-9-13(12)20(14)3;/h1,6-9H,5,10-11H2,2-3H3,(H2,16,17,18);1H. The Balaban J connectivity index is 0.00000220. The zero-order chi connectivity index (χ0) is 14.4. The fourth-order valence-electron chi connectivity index (χ4n) is 1.96. The maximum absolute atomic E-state index is 5.24. The van der Waals surface area contributed by atoms with Crippen molar-refractivity contribution in [1.29, 1.82) is 0 Å². The molecular formula is C15H20IN5. The van der Waals surface area contributed by atoms with Crippen LogP contribution < -0.4 is 10.6 Å². The van der Waals surface area contributed by atoms with Crippen LogP contribution in [0.5, 0.6) is 0 Å². The van der Waals surface area contributed by atoms with Gasteiger partial charge in [-0.2, -0.15) is 0 Å². The van der Waals surface area contributed by atoms with E-state index in [1.54, 1.807) is 0 Å². The van der Waals surface area contributed by atoms with Gasteiger partial charge < -0.3 is 15.2 Å². The van der Waals surface area contributed by atoms with Crippen LogP contribution in [0.1, 0.15) is 12.7 Å². The molecule has 0 fully saturated rings. The Morgan fingerprint density at radius 2 is 2.14 bits per heavy atom. The van der Waals surface area contributed by atoms with E-state index in [-0.39, 0.29) is 24.0 Å². The minimum absolute atomic E-state index is 0. The fraction of sp³-hybridized carbons (Fsp3) is 0.333. The second-order valence-corrected chi connectivity index (χ2v) is 4.33. The van der Waals surface area contributed by atoms with Crippen molar-refractivity contribution in [2.24, 2.45) is 12.0 Å². The maximum atomic E-state index is 5.24. The highest BCUT2D eigenvalue weighted by molar-refractivity contribution is 14.0. The van der Waals surface area contributed by atoms with E-state index in [0.29, 0.717) is 19.0 Å². The Morgan fingerprint density at radius 1 is 1.38 bits per heavy atom. The molecule has 0 aliphatic heterocycles. The van der Waals surface area contributed by atoms with Crippen LogP contribution in [0, 0.1) is 12.3 Å². The summed E-state index contributed by atoms with van der Waals surface area (Å²) in [7, 11) is 2.00. The number of hydrogen-bond acceptors (Lipinski definition) is 2. The molecule has 112 valence electrons. The van der Waals surface area contributed by atoms with E-state index in [2.05, 4.69) is 37.2 Å². The number of rotatable bonds is 4. The van der Waals surface area contributed by atoms with Gasteiger partial charge in [-0.05, 0) is 19.1 Å². The van der Waals surface area contributed by atoms with Crippen LogP contribution in [0.4, 0.5) is 0 Å². The quantitative estimate of drug-likeness (QED) is 0.359. The van der Waals surface area contributed by atoms with E-state index >= 15 is 0 Å². The number of nitrogens with one attached hydrogen (secondary N) is 2. The van der Waals surface area contributed by atoms with E-state index < -0.39 is 0 Å². The van der Waals surface area contributed by atoms with Gasteiger partial charge in [0.05, 0.1) is 17.6 Å². The van der Waals surface area contributed by atoms with Gasteiger partial charge in [-0.25, -0.2) is 9.98 Å². The molecule has 1 aromatic heterocycles. The van der Waals surface area contributed by atoms with Gasteiger partial charge in [-0.15, -0.1) is 30.4 Å². The first-order valence-electron chi connectivity index (χ1n) is 6.62. The molecule has 0 saturated heterocycles. The lowest BCUT2D eigenvalue weighted by atomic mass is 10.3. The molecular weight excluding hydrogens is 377 g/mol. The zero-order valence-electron chi connectivity index (χ0n) is 12.3. The number of guanidine groups is 1. The largest absolute Gasteiger partial charge is 0.357 e. The summed E-state index contributed by atoms with van der Waals surface area (Å²) < 4.78 is 2.06. The SMILES string of the molecule is C#CCNC(=NCc1nc2ccccc2n1C)NCC.I. The van der Waals surface area contributed by atoms with Gasteiger partial charge >= 0.3 is 0 Å². The molecule has 2 aromatic rings. The fourth-order valence-corrected chi connectivity index (χ4v) is 1.96. The molecule has 2 rings (SSSR count). The number of benzene rings is 1. The van der Waals surface area contributed by atoms with Gasteiger partial charge in [-0.1, -0.05) is 18.1 Å². The van der Waals surface area contributed by atoms with Crippen molar-refractivity contribution in [3.63, 3.8) is 0 Å². The zero-order valence-corrected chi connectivity index (χ0v) is 14.6. The summed E-state index contributed by atoms with van der Waals surface area (Å²) in [5, 5.41) is 6.21. The Hall–Kier alpha value is -1.75. The van der Waals surface area contributed by atoms with Gasteiger partial charge in [0.1, 0.15) is 12.4 Å². The third-order valence-corrected chi connectivity index (χ3v) is 2.96. The minimum Gasteiger partial charge on any atom is -0.357 e. The molecule has 0 saturated carbocycles. The van der Waals surface area contributed by atoms with E-state index in [4.69, 9.17) is 6.42 Å². The molecule has 0 aliphatic rings. The number of nitrogens with zero attached hydrogens (tertiary/aromatic N) is 3. The molecule has 21 heavy (non-hydrogen) atoms. The van der Waals surface area contributed by atoms with Crippen molar-refractivity contribution in [2.45, 2.75) is 13.5 Å². The summed E-state index contributed by atoms with van der Waals surface area (Å²) in [6.07, 6.45) is 5.24. The van der Waals surface area contributed by atoms with Crippen molar-refractivity contribution < 1.29 is 0 Å². The monoisotopic (exact) mass is 397 g/mol. The Morgan fingerprint density at radius 3 is 2.81 bits per heavy atom. The summed E-state index contributed by atoms with van der Waals surface area (Å²) in [5.41, 5.74) is 2.10. The van der Waals surface area contributed by atoms with E-state index in [1.165, 1.54) is 0 Å². The number of aromatic nitrogens is 2. The number of hydrogen-bond donors (Lipinski definition) is 2. The van der Waals surface area contributed by atoms with Crippen LogP contribution in [0.15, 0.2) is 29.3 Å². The van der Waals surface area contributed by atoms with Gasteiger partial charge in [0.15, 0.2) is 5.96 Å². The Bertz CT molecular complexity index is 654. The summed E-state index contributed by atoms with van der Waals surface area (Å²) in [4.78, 5) is 9.08. The van der Waals surface area contributed by atoms with Crippen LogP contribution in [0.2, 0.25) is 0 Å². The average Bonchev–Trinajstić information content (AvgIpc) is 2.79. The molecule has 0 radical (unpaired) electrons. The predicted octanol–water partition coefficient (Wildman–Crippen LogP) is 1.88. The van der Waals surface area contributed by atoms with Crippen molar-refractivity contribution in [2.75, 3.05) is 13.1 Å². The first-order valence-corrected chi connectivity index (χ1v) is 6.62. The third-order valence-electron chi connectivity index (χ3n) is 2.96. The highest BCUT2D eigenvalue weighted by atomic mass is 127. The first kappa shape index (κ1) is 17.3. The first-order chi connectivity index (χ1) is 9.76. The molecule has 1 heterocycles. The molecule has 0 unspecified atom stereocenters. The van der Waals surface area contributed by atoms with Crippen LogP contribution in [0.3, 0.4) is 0 Å². The molecule has 0 spiro atoms. The van der Waals surface area contributed by atoms with Crippen molar-refractivity contribution in [1.82, 2.24) is 20.2 Å². The van der Waals surface area contributed by atoms with E-state index in [9.17, 15) is 0 Å². The highest BCUT2D eigenvalue weighted by Gasteiger charge is 2.06. The topological polar surface area (TPSA) is 54.2 Å². The van der Waals surface area contributed by atoms with Crippen molar-refractivity contribution in [3.05, 3.63) is 30.1 Å². The Kier molecular flexibility index (Phi) is 7.02. The van der Waals surface area contributed by atoms with Gasteiger partial charge in [-0.3, -0.25) is 0 Å². The molecule has 6 heteroatoms. The van der Waals surface area contributed by atoms with E-state index in [1.807, 2.05) is 32.2 Å². The number of terminal acetylenes is 1. The van der Waals surface area contributed by atoms with Gasteiger partial charge in [0.2, 0.25) is 0 Å². The van der Waals surface area contributed by atoms with Crippen molar-refractivity contribution in [3.8, 4) is 12.3 Å². The number of halogens is 1. The lowest BCUT2D eigenvalue weighted by Gasteiger charge is -2.08. The van der Waals surface area contributed by atoms with Gasteiger partial charge in [0.25, 0.3) is 0 Å². The second-order valence-electron chi connectivity index (χ2n) is 4.33. The summed E-state index contributed by atoms with van der Waals surface area (Å²) in [6, 6.07) is 8.05. The third kappa shape index (κ3) is 4.36. The van der Waals surface area contributed by atoms with Crippen LogP contribution >= 0.6 is 24.0 Å². The molecule has 2 N–H and O–H groups in total. The lowest BCUT2D eigenvalue weighted by Crippen LogP contribution is -2.37. The molecule has 1 aromatic carbocycles. The molecule has 0 amide bonds. The number of imidazole rings is 1. The molecule has 0 atom stereocenters. The maximum Gasteiger partial charge on any atom is 0.192 e. The lowest BCUT2D eigenvalue weighted by molar-refractivity contribution is 0.793. The summed E-state index contributed by atoms with van der Waals surface area (Å²) >= 11 is 0. The normalized spacial score (nSPS) is 10.8. The smallest absolute Gasteiger partial charge is 0.192 e. The van der Waals surface area contributed by atoms with Crippen LogP contribution in [0.25, 0.3) is 11.0 Å². The van der Waals surface area contributed by atoms with E-state index in [0.717, 1.165) is 23.4 Å². The van der Waals surface area contributed by atoms with Gasteiger partial charge in [0, 0.05) is 13.6 Å². The molecule has 0 bridgehead atoms. The number of para-hydroxylation sites is 2. The summed E-state index contributed by atoms with van der Waals surface area (Å²) in [5.74, 6) is 4.16. The predicted molar refractivity (Wildman–Crippen MR) is 97.8 cm³/mol. The van der Waals surface area contributed by atoms with Crippen LogP contribution in [-0.4, -0.2) is 28.6 Å². The molecule has 0 aliphatic carbocycles. The molecule has 5 nitrogen and oxygen atoms in total. The number of fused-ring (bicyclic) bond motifs is 1. The minimum atomic E-state index is 0. The number of aryl methyl sites for hydroxylation is 1. The second kappa shape index (κ2) is 8.52. The Labute approximate surface area is 142 Å². The average molecular weight is 397 g/mol.